The first-order valence-corrected chi connectivity index (χ1v) is 12.4. The number of nitrogens with one attached hydrogen (secondary N) is 1. The van der Waals surface area contributed by atoms with Crippen LogP contribution in [0.2, 0.25) is 5.02 Å². The van der Waals surface area contributed by atoms with Crippen LogP contribution in [0.3, 0.4) is 0 Å². The summed E-state index contributed by atoms with van der Waals surface area (Å²) in [7, 11) is 0. The Kier molecular flexibility index (Phi) is 7.15. The molecule has 2 aromatic rings. The molecule has 2 saturated heterocycles. The van der Waals surface area contributed by atoms with Gasteiger partial charge in [0.1, 0.15) is 23.1 Å². The smallest absolute Gasteiger partial charge is 0.246 e. The number of carbonyl (C=O) groups is 2. The van der Waals surface area contributed by atoms with Crippen molar-refractivity contribution in [2.75, 3.05) is 19.6 Å². The van der Waals surface area contributed by atoms with Crippen LogP contribution < -0.4 is 5.32 Å². The largest absolute Gasteiger partial charge is 0.460 e. The Morgan fingerprint density at radius 2 is 1.88 bits per heavy atom. The molecule has 0 saturated carbocycles. The van der Waals surface area contributed by atoms with Crippen molar-refractivity contribution in [1.82, 2.24) is 15.1 Å². The monoisotopic (exact) mass is 471 g/mol. The maximum Gasteiger partial charge on any atom is 0.246 e. The third-order valence-corrected chi connectivity index (χ3v) is 7.16. The molecule has 4 rings (SSSR count). The molecule has 178 valence electrons. The number of carbonyl (C=O) groups excluding carboxylic acids is 2. The number of nitrogens with zero attached hydrogens (tertiary/aromatic N) is 2. The van der Waals surface area contributed by atoms with Crippen LogP contribution in [0.1, 0.15) is 52.2 Å². The summed E-state index contributed by atoms with van der Waals surface area (Å²) in [6, 6.07) is 11.2. The summed E-state index contributed by atoms with van der Waals surface area (Å²) in [6.07, 6.45) is 2.86. The van der Waals surface area contributed by atoms with Crippen molar-refractivity contribution in [1.29, 1.82) is 0 Å². The Labute approximate surface area is 201 Å². The van der Waals surface area contributed by atoms with E-state index >= 15 is 0 Å². The van der Waals surface area contributed by atoms with Gasteiger partial charge in [-0.1, -0.05) is 25.4 Å². The average molecular weight is 472 g/mol. The van der Waals surface area contributed by atoms with E-state index < -0.39 is 11.6 Å². The van der Waals surface area contributed by atoms with E-state index in [1.807, 2.05) is 48.2 Å². The van der Waals surface area contributed by atoms with Crippen LogP contribution in [0.15, 0.2) is 40.8 Å². The van der Waals surface area contributed by atoms with Crippen LogP contribution in [0.5, 0.6) is 0 Å². The Morgan fingerprint density at radius 1 is 1.12 bits per heavy atom. The lowest BCUT2D eigenvalue weighted by Gasteiger charge is -2.48. The molecule has 0 aliphatic carbocycles. The molecule has 6 nitrogen and oxygen atoms in total. The highest BCUT2D eigenvalue weighted by Crippen LogP contribution is 2.34. The molecule has 0 radical (unpaired) electrons. The molecule has 1 aromatic heterocycles. The van der Waals surface area contributed by atoms with Crippen molar-refractivity contribution in [2.24, 2.45) is 5.92 Å². The number of amides is 2. The van der Waals surface area contributed by atoms with Gasteiger partial charge < -0.3 is 14.6 Å². The van der Waals surface area contributed by atoms with Gasteiger partial charge >= 0.3 is 0 Å². The summed E-state index contributed by atoms with van der Waals surface area (Å²) < 4.78 is 6.09. The lowest BCUT2D eigenvalue weighted by molar-refractivity contribution is -0.158. The molecule has 0 bridgehead atoms. The molecule has 7 heteroatoms. The van der Waals surface area contributed by atoms with Gasteiger partial charge in [-0.15, -0.1) is 0 Å². The van der Waals surface area contributed by atoms with E-state index in [1.54, 1.807) is 0 Å². The summed E-state index contributed by atoms with van der Waals surface area (Å²) in [5.41, 5.74) is 0.249. The van der Waals surface area contributed by atoms with Crippen molar-refractivity contribution in [3.63, 3.8) is 0 Å². The average Bonchev–Trinajstić information content (AvgIpc) is 3.14. The second-order valence-corrected chi connectivity index (χ2v) is 10.1. The van der Waals surface area contributed by atoms with Gasteiger partial charge in [-0.3, -0.25) is 14.5 Å². The van der Waals surface area contributed by atoms with Gasteiger partial charge in [-0.2, -0.15) is 0 Å². The highest BCUT2D eigenvalue weighted by Gasteiger charge is 2.52. The second-order valence-electron chi connectivity index (χ2n) is 9.67. The highest BCUT2D eigenvalue weighted by molar-refractivity contribution is 6.30. The first kappa shape index (κ1) is 23.8. The Balaban J connectivity index is 1.44. The topological polar surface area (TPSA) is 65.8 Å². The predicted octanol–water partition coefficient (Wildman–Crippen LogP) is 4.72. The highest BCUT2D eigenvalue weighted by atomic mass is 35.5. The van der Waals surface area contributed by atoms with Crippen molar-refractivity contribution < 1.29 is 14.0 Å². The van der Waals surface area contributed by atoms with Crippen LogP contribution in [0.25, 0.3) is 11.3 Å². The molecule has 1 N–H and O–H groups in total. The van der Waals surface area contributed by atoms with Gasteiger partial charge in [-0.25, -0.2) is 0 Å². The summed E-state index contributed by atoms with van der Waals surface area (Å²) >= 11 is 5.99. The number of halogens is 1. The Hall–Kier alpha value is -2.31. The minimum absolute atomic E-state index is 0.0134. The van der Waals surface area contributed by atoms with E-state index in [0.717, 1.165) is 36.6 Å². The summed E-state index contributed by atoms with van der Waals surface area (Å²) in [5, 5.41) is 3.76. The predicted molar refractivity (Wildman–Crippen MR) is 130 cm³/mol. The number of piperazine rings is 1. The summed E-state index contributed by atoms with van der Waals surface area (Å²) in [6.45, 7) is 8.99. The van der Waals surface area contributed by atoms with Crippen molar-refractivity contribution in [2.45, 2.75) is 64.6 Å². The Bertz CT molecular complexity index is 987. The van der Waals surface area contributed by atoms with Crippen LogP contribution in [-0.2, 0) is 16.1 Å². The van der Waals surface area contributed by atoms with E-state index in [9.17, 15) is 9.59 Å². The zero-order valence-corrected chi connectivity index (χ0v) is 20.5. The molecule has 1 spiro atoms. The van der Waals surface area contributed by atoms with Crippen molar-refractivity contribution in [3.8, 4) is 11.3 Å². The fourth-order valence-electron chi connectivity index (χ4n) is 5.25. The molecule has 2 aliphatic heterocycles. The van der Waals surface area contributed by atoms with Crippen LogP contribution in [0.4, 0.5) is 0 Å². The number of benzene rings is 1. The lowest BCUT2D eigenvalue weighted by atomic mass is 9.83. The number of likely N-dealkylation sites (tertiary alicyclic amines) is 1. The normalized spacial score (nSPS) is 24.4. The van der Waals surface area contributed by atoms with E-state index in [-0.39, 0.29) is 11.8 Å². The van der Waals surface area contributed by atoms with Crippen molar-refractivity contribution >= 4 is 23.4 Å². The molecular formula is C26H34ClN3O3. The van der Waals surface area contributed by atoms with Gasteiger partial charge in [-0.05, 0) is 81.5 Å². The molecule has 2 amide bonds. The van der Waals surface area contributed by atoms with E-state index in [0.29, 0.717) is 43.3 Å². The quantitative estimate of drug-likeness (QED) is 0.662. The summed E-state index contributed by atoms with van der Waals surface area (Å²) in [5.74, 6) is 2.14. The Morgan fingerprint density at radius 3 is 2.58 bits per heavy atom. The first-order valence-electron chi connectivity index (χ1n) is 12.0. The number of hydrogen-bond donors (Lipinski definition) is 1. The molecule has 2 fully saturated rings. The van der Waals surface area contributed by atoms with E-state index in [2.05, 4.69) is 24.1 Å². The third-order valence-electron chi connectivity index (χ3n) is 6.91. The maximum atomic E-state index is 13.3. The van der Waals surface area contributed by atoms with Crippen molar-refractivity contribution in [3.05, 3.63) is 47.2 Å². The van der Waals surface area contributed by atoms with Crippen LogP contribution in [-0.4, -0.2) is 52.8 Å². The van der Waals surface area contributed by atoms with Gasteiger partial charge in [0.25, 0.3) is 0 Å². The third kappa shape index (κ3) is 4.97. The number of rotatable bonds is 6. The second kappa shape index (κ2) is 9.90. The fourth-order valence-corrected chi connectivity index (χ4v) is 5.37. The van der Waals surface area contributed by atoms with Gasteiger partial charge in [0.05, 0.1) is 6.54 Å². The summed E-state index contributed by atoms with van der Waals surface area (Å²) in [4.78, 5) is 30.7. The number of hydrogen-bond acceptors (Lipinski definition) is 4. The fraction of sp³-hybridized carbons (Fsp3) is 0.538. The van der Waals surface area contributed by atoms with E-state index in [1.165, 1.54) is 0 Å². The SMILES string of the molecule is CCN1C(=O)C(CC(C)C)NC(=O)C12CCCN(Cc1ccc(-c3ccc(Cl)cc3)o1)CC2. The van der Waals surface area contributed by atoms with Gasteiger partial charge in [0, 0.05) is 23.7 Å². The molecule has 33 heavy (non-hydrogen) atoms. The lowest BCUT2D eigenvalue weighted by Crippen LogP contribution is -2.70. The zero-order chi connectivity index (χ0) is 23.6. The standard InChI is InChI=1S/C26H34ClN3O3/c1-4-30-24(31)22(16-18(2)3)28-25(32)26(30)12-5-14-29(15-13-26)17-21-10-11-23(33-21)19-6-8-20(27)9-7-19/h6-11,18,22H,4-5,12-17H2,1-3H3,(H,28,32). The molecule has 2 unspecified atom stereocenters. The first-order chi connectivity index (χ1) is 15.8. The maximum absolute atomic E-state index is 13.3. The molecule has 3 heterocycles. The molecule has 1 aromatic carbocycles. The minimum Gasteiger partial charge on any atom is -0.460 e. The van der Waals surface area contributed by atoms with Gasteiger partial charge in [0.15, 0.2) is 0 Å². The molecule has 2 atom stereocenters. The van der Waals surface area contributed by atoms with Crippen LogP contribution in [0, 0.1) is 5.92 Å². The zero-order valence-electron chi connectivity index (χ0n) is 19.8. The van der Waals surface area contributed by atoms with Crippen LogP contribution >= 0.6 is 11.6 Å². The molecular weight excluding hydrogens is 438 g/mol. The van der Waals surface area contributed by atoms with Gasteiger partial charge in [0.2, 0.25) is 11.8 Å². The number of furan rings is 1. The minimum atomic E-state index is -0.744. The van der Waals surface area contributed by atoms with E-state index in [4.69, 9.17) is 16.0 Å². The molecule has 2 aliphatic rings. The number of likely N-dealkylation sites (N-methyl/N-ethyl adjacent to an activating group) is 1.